The molecule has 0 aliphatic heterocycles. The van der Waals surface area contributed by atoms with Crippen molar-refractivity contribution in [2.75, 3.05) is 31.5 Å². The second-order valence-corrected chi connectivity index (χ2v) is 6.77. The van der Waals surface area contributed by atoms with Crippen molar-refractivity contribution in [1.82, 2.24) is 0 Å². The Hall–Kier alpha value is -2.97. The van der Waals surface area contributed by atoms with Crippen molar-refractivity contribution in [3.63, 3.8) is 0 Å². The Balaban J connectivity index is 1.77. The lowest BCUT2D eigenvalue weighted by Crippen LogP contribution is -2.22. The number of hydrogen-bond acceptors (Lipinski definition) is 6. The Labute approximate surface area is 183 Å². The zero-order valence-electron chi connectivity index (χ0n) is 16.3. The van der Waals surface area contributed by atoms with Crippen molar-refractivity contribution >= 4 is 52.4 Å². The zero-order chi connectivity index (χ0) is 22.1. The third-order valence-electron chi connectivity index (χ3n) is 3.80. The van der Waals surface area contributed by atoms with E-state index >= 15 is 0 Å². The fourth-order valence-corrected chi connectivity index (χ4v) is 2.63. The maximum atomic E-state index is 12.0. The standard InChI is InChI=1S/C20H20Cl2N2O6/c1-28-13-4-6-17(29-2)16(10-13)24-19(26)11-30-20(27)8-7-18(25)23-12-3-5-14(21)15(22)9-12/h3-6,9-10H,7-8,11H2,1-2H3,(H,23,25)(H,24,26). The topological polar surface area (TPSA) is 103 Å². The monoisotopic (exact) mass is 454 g/mol. The minimum atomic E-state index is -0.688. The largest absolute Gasteiger partial charge is 0.497 e. The molecule has 2 amide bonds. The van der Waals surface area contributed by atoms with E-state index < -0.39 is 24.4 Å². The third kappa shape index (κ3) is 7.13. The van der Waals surface area contributed by atoms with Gasteiger partial charge in [0.2, 0.25) is 5.91 Å². The molecule has 0 heterocycles. The number of carbonyl (C=O) groups is 3. The fraction of sp³-hybridized carbons (Fsp3) is 0.250. The number of benzene rings is 2. The lowest BCUT2D eigenvalue weighted by Gasteiger charge is -2.12. The van der Waals surface area contributed by atoms with Crippen molar-refractivity contribution in [2.24, 2.45) is 0 Å². The number of nitrogens with one attached hydrogen (secondary N) is 2. The minimum Gasteiger partial charge on any atom is -0.497 e. The fourth-order valence-electron chi connectivity index (χ4n) is 2.33. The highest BCUT2D eigenvalue weighted by Crippen LogP contribution is 2.29. The molecule has 0 spiro atoms. The highest BCUT2D eigenvalue weighted by Gasteiger charge is 2.13. The van der Waals surface area contributed by atoms with Crippen LogP contribution in [0.5, 0.6) is 11.5 Å². The van der Waals surface area contributed by atoms with Crippen LogP contribution < -0.4 is 20.1 Å². The summed E-state index contributed by atoms with van der Waals surface area (Å²) in [5, 5.41) is 5.83. The molecule has 0 aromatic heterocycles. The van der Waals surface area contributed by atoms with Crippen molar-refractivity contribution in [2.45, 2.75) is 12.8 Å². The molecule has 2 rings (SSSR count). The zero-order valence-corrected chi connectivity index (χ0v) is 17.8. The average Bonchev–Trinajstić information content (AvgIpc) is 2.73. The molecule has 2 N–H and O–H groups in total. The molecule has 0 unspecified atom stereocenters. The van der Waals surface area contributed by atoms with Crippen LogP contribution in [-0.2, 0) is 19.1 Å². The van der Waals surface area contributed by atoms with E-state index in [0.717, 1.165) is 0 Å². The van der Waals surface area contributed by atoms with Crippen LogP contribution in [0.2, 0.25) is 10.0 Å². The van der Waals surface area contributed by atoms with Crippen molar-refractivity contribution in [1.29, 1.82) is 0 Å². The summed E-state index contributed by atoms with van der Waals surface area (Å²) in [6, 6.07) is 9.51. The average molecular weight is 455 g/mol. The summed E-state index contributed by atoms with van der Waals surface area (Å²) >= 11 is 11.7. The Morgan fingerprint density at radius 3 is 2.30 bits per heavy atom. The van der Waals surface area contributed by atoms with Crippen LogP contribution in [0.1, 0.15) is 12.8 Å². The van der Waals surface area contributed by atoms with Gasteiger partial charge in [0.1, 0.15) is 11.5 Å². The molecular weight excluding hydrogens is 435 g/mol. The lowest BCUT2D eigenvalue weighted by atomic mass is 10.2. The van der Waals surface area contributed by atoms with Gasteiger partial charge in [-0.3, -0.25) is 14.4 Å². The summed E-state index contributed by atoms with van der Waals surface area (Å²) in [7, 11) is 2.95. The van der Waals surface area contributed by atoms with Crippen LogP contribution in [0.4, 0.5) is 11.4 Å². The molecule has 160 valence electrons. The van der Waals surface area contributed by atoms with Crippen LogP contribution in [0.25, 0.3) is 0 Å². The maximum Gasteiger partial charge on any atom is 0.306 e. The Morgan fingerprint density at radius 2 is 1.63 bits per heavy atom. The molecule has 0 fully saturated rings. The highest BCUT2D eigenvalue weighted by molar-refractivity contribution is 6.42. The molecule has 0 aliphatic rings. The van der Waals surface area contributed by atoms with Gasteiger partial charge < -0.3 is 24.8 Å². The molecule has 0 saturated carbocycles. The van der Waals surface area contributed by atoms with E-state index in [1.54, 1.807) is 30.3 Å². The molecule has 0 saturated heterocycles. The quantitative estimate of drug-likeness (QED) is 0.556. The first-order chi connectivity index (χ1) is 14.3. The number of ether oxygens (including phenoxy) is 3. The normalized spacial score (nSPS) is 10.1. The number of esters is 1. The van der Waals surface area contributed by atoms with E-state index in [-0.39, 0.29) is 12.8 Å². The number of carbonyl (C=O) groups excluding carboxylic acids is 3. The van der Waals surface area contributed by atoms with Crippen molar-refractivity contribution in [3.8, 4) is 11.5 Å². The molecule has 30 heavy (non-hydrogen) atoms. The van der Waals surface area contributed by atoms with Gasteiger partial charge in [-0.1, -0.05) is 23.2 Å². The summed E-state index contributed by atoms with van der Waals surface area (Å²) in [6.07, 6.45) is -0.312. The van der Waals surface area contributed by atoms with Gasteiger partial charge in [-0.15, -0.1) is 0 Å². The highest BCUT2D eigenvalue weighted by atomic mass is 35.5. The van der Waals surface area contributed by atoms with Gasteiger partial charge in [-0.05, 0) is 30.3 Å². The van der Waals surface area contributed by atoms with E-state index in [4.69, 9.17) is 37.4 Å². The second-order valence-electron chi connectivity index (χ2n) is 5.95. The van der Waals surface area contributed by atoms with E-state index in [1.807, 2.05) is 0 Å². The van der Waals surface area contributed by atoms with Crippen molar-refractivity contribution < 1.29 is 28.6 Å². The van der Waals surface area contributed by atoms with E-state index in [2.05, 4.69) is 10.6 Å². The summed E-state index contributed by atoms with van der Waals surface area (Å²) in [5.74, 6) is -0.705. The van der Waals surface area contributed by atoms with Gasteiger partial charge in [0, 0.05) is 18.2 Å². The van der Waals surface area contributed by atoms with Gasteiger partial charge in [0.05, 0.1) is 36.4 Å². The molecule has 2 aromatic carbocycles. The first-order valence-corrected chi connectivity index (χ1v) is 9.50. The summed E-state index contributed by atoms with van der Waals surface area (Å²) in [6.45, 7) is -0.506. The van der Waals surface area contributed by atoms with Gasteiger partial charge >= 0.3 is 5.97 Å². The van der Waals surface area contributed by atoms with E-state index in [9.17, 15) is 14.4 Å². The van der Waals surface area contributed by atoms with E-state index in [0.29, 0.717) is 32.9 Å². The SMILES string of the molecule is COc1ccc(OC)c(NC(=O)COC(=O)CCC(=O)Nc2ccc(Cl)c(Cl)c2)c1. The summed E-state index contributed by atoms with van der Waals surface area (Å²) in [4.78, 5) is 35.8. The Bertz CT molecular complexity index is 936. The molecule has 0 atom stereocenters. The molecular formula is C20H20Cl2N2O6. The molecule has 10 heteroatoms. The van der Waals surface area contributed by atoms with E-state index in [1.165, 1.54) is 20.3 Å². The van der Waals surface area contributed by atoms with Gasteiger partial charge in [0.15, 0.2) is 6.61 Å². The molecule has 0 aliphatic carbocycles. The third-order valence-corrected chi connectivity index (χ3v) is 4.54. The Morgan fingerprint density at radius 1 is 0.867 bits per heavy atom. The maximum absolute atomic E-state index is 12.0. The number of halogens is 2. The van der Waals surface area contributed by atoms with Gasteiger partial charge in [-0.25, -0.2) is 0 Å². The lowest BCUT2D eigenvalue weighted by molar-refractivity contribution is -0.147. The predicted molar refractivity (Wildman–Crippen MR) is 113 cm³/mol. The van der Waals surface area contributed by atoms with Crippen LogP contribution in [0.3, 0.4) is 0 Å². The number of methoxy groups -OCH3 is 2. The minimum absolute atomic E-state index is 0.121. The smallest absolute Gasteiger partial charge is 0.306 e. The second kappa shape index (κ2) is 11.3. The van der Waals surface area contributed by atoms with Crippen LogP contribution in [0.15, 0.2) is 36.4 Å². The van der Waals surface area contributed by atoms with Gasteiger partial charge in [0.25, 0.3) is 5.91 Å². The molecule has 0 radical (unpaired) electrons. The molecule has 2 aromatic rings. The number of amides is 2. The van der Waals surface area contributed by atoms with Crippen molar-refractivity contribution in [3.05, 3.63) is 46.4 Å². The number of hydrogen-bond donors (Lipinski definition) is 2. The number of anilines is 2. The first kappa shape index (κ1) is 23.3. The Kier molecular flexibility index (Phi) is 8.76. The first-order valence-electron chi connectivity index (χ1n) is 8.74. The summed E-state index contributed by atoms with van der Waals surface area (Å²) < 4.78 is 15.2. The van der Waals surface area contributed by atoms with Gasteiger partial charge in [-0.2, -0.15) is 0 Å². The molecule has 0 bridgehead atoms. The van der Waals surface area contributed by atoms with Crippen LogP contribution in [-0.4, -0.2) is 38.6 Å². The van der Waals surface area contributed by atoms with Crippen LogP contribution in [0, 0.1) is 0 Å². The van der Waals surface area contributed by atoms with Crippen LogP contribution >= 0.6 is 23.2 Å². The summed E-state index contributed by atoms with van der Waals surface area (Å²) in [5.41, 5.74) is 0.827. The molecule has 8 nitrogen and oxygen atoms in total. The predicted octanol–water partition coefficient (Wildman–Crippen LogP) is 3.91. The number of rotatable bonds is 9.